The van der Waals surface area contributed by atoms with Crippen LogP contribution < -0.4 is 5.32 Å². The minimum absolute atomic E-state index is 0.681. The van der Waals surface area contributed by atoms with Gasteiger partial charge in [0, 0.05) is 24.7 Å². The van der Waals surface area contributed by atoms with E-state index in [1.54, 1.807) is 0 Å². The number of rotatable bonds is 6. The zero-order valence-corrected chi connectivity index (χ0v) is 14.8. The van der Waals surface area contributed by atoms with Gasteiger partial charge < -0.3 is 15.1 Å². The second-order valence-corrected chi connectivity index (χ2v) is 7.56. The average Bonchev–Trinajstić information content (AvgIpc) is 2.48. The van der Waals surface area contributed by atoms with Gasteiger partial charge in [0.1, 0.15) is 0 Å². The SMILES string of the molecule is CCCN1CCCC(C(C)NC2CCN(C(C)C)CC2)C1. The van der Waals surface area contributed by atoms with Gasteiger partial charge in [-0.05, 0) is 85.0 Å². The van der Waals surface area contributed by atoms with Crippen molar-refractivity contribution in [3.05, 3.63) is 0 Å². The number of hydrogen-bond acceptors (Lipinski definition) is 3. The van der Waals surface area contributed by atoms with Gasteiger partial charge >= 0.3 is 0 Å². The molecule has 2 atom stereocenters. The first kappa shape index (κ1) is 17.2. The molecule has 2 saturated heterocycles. The number of nitrogens with zero attached hydrogens (tertiary/aromatic N) is 2. The predicted octanol–water partition coefficient (Wildman–Crippen LogP) is 2.96. The van der Waals surface area contributed by atoms with Gasteiger partial charge in [-0.15, -0.1) is 0 Å². The monoisotopic (exact) mass is 295 g/mol. The zero-order chi connectivity index (χ0) is 15.2. The van der Waals surface area contributed by atoms with Crippen molar-refractivity contribution in [1.82, 2.24) is 15.1 Å². The summed E-state index contributed by atoms with van der Waals surface area (Å²) in [6.45, 7) is 15.8. The molecule has 0 aromatic rings. The number of nitrogens with one attached hydrogen (secondary N) is 1. The Morgan fingerprint density at radius 2 is 1.76 bits per heavy atom. The van der Waals surface area contributed by atoms with E-state index >= 15 is 0 Å². The van der Waals surface area contributed by atoms with Crippen LogP contribution in [0.1, 0.15) is 59.8 Å². The third-order valence-corrected chi connectivity index (χ3v) is 5.55. The van der Waals surface area contributed by atoms with Crippen molar-refractivity contribution in [2.45, 2.75) is 77.9 Å². The fourth-order valence-electron chi connectivity index (χ4n) is 4.11. The molecule has 0 aromatic heterocycles. The summed E-state index contributed by atoms with van der Waals surface area (Å²) in [6.07, 6.45) is 6.76. The van der Waals surface area contributed by atoms with Crippen molar-refractivity contribution in [2.24, 2.45) is 5.92 Å². The molecule has 0 saturated carbocycles. The highest BCUT2D eigenvalue weighted by Gasteiger charge is 2.27. The molecule has 2 fully saturated rings. The molecule has 3 heteroatoms. The van der Waals surface area contributed by atoms with Gasteiger partial charge in [-0.25, -0.2) is 0 Å². The second kappa shape index (κ2) is 8.50. The van der Waals surface area contributed by atoms with Crippen LogP contribution in [0.4, 0.5) is 0 Å². The highest BCUT2D eigenvalue weighted by atomic mass is 15.2. The Morgan fingerprint density at radius 3 is 2.38 bits per heavy atom. The van der Waals surface area contributed by atoms with E-state index in [-0.39, 0.29) is 0 Å². The van der Waals surface area contributed by atoms with Crippen LogP contribution in [0, 0.1) is 5.92 Å². The van der Waals surface area contributed by atoms with Crippen LogP contribution in [-0.2, 0) is 0 Å². The van der Waals surface area contributed by atoms with Gasteiger partial charge in [-0.2, -0.15) is 0 Å². The van der Waals surface area contributed by atoms with Crippen LogP contribution in [0.3, 0.4) is 0 Å². The highest BCUT2D eigenvalue weighted by Crippen LogP contribution is 2.22. The third kappa shape index (κ3) is 5.22. The van der Waals surface area contributed by atoms with Crippen LogP contribution in [0.2, 0.25) is 0 Å². The third-order valence-electron chi connectivity index (χ3n) is 5.55. The van der Waals surface area contributed by atoms with Gasteiger partial charge in [0.15, 0.2) is 0 Å². The molecule has 2 unspecified atom stereocenters. The zero-order valence-electron chi connectivity index (χ0n) is 14.8. The summed E-state index contributed by atoms with van der Waals surface area (Å²) in [5.74, 6) is 0.855. The van der Waals surface area contributed by atoms with Gasteiger partial charge in [0.25, 0.3) is 0 Å². The fourth-order valence-corrected chi connectivity index (χ4v) is 4.11. The van der Waals surface area contributed by atoms with Crippen LogP contribution in [0.5, 0.6) is 0 Å². The lowest BCUT2D eigenvalue weighted by Gasteiger charge is -2.40. The maximum Gasteiger partial charge on any atom is 0.00940 e. The molecule has 2 rings (SSSR count). The Balaban J connectivity index is 1.73. The molecule has 0 amide bonds. The van der Waals surface area contributed by atoms with E-state index in [9.17, 15) is 0 Å². The fraction of sp³-hybridized carbons (Fsp3) is 1.00. The molecule has 124 valence electrons. The summed E-state index contributed by atoms with van der Waals surface area (Å²) in [5, 5.41) is 3.96. The van der Waals surface area contributed by atoms with Crippen LogP contribution >= 0.6 is 0 Å². The Morgan fingerprint density at radius 1 is 1.05 bits per heavy atom. The first-order valence-electron chi connectivity index (χ1n) is 9.32. The summed E-state index contributed by atoms with van der Waals surface area (Å²) < 4.78 is 0. The molecule has 3 nitrogen and oxygen atoms in total. The molecular weight excluding hydrogens is 258 g/mol. The van der Waals surface area contributed by atoms with Crippen molar-refractivity contribution in [3.8, 4) is 0 Å². The summed E-state index contributed by atoms with van der Waals surface area (Å²) in [4.78, 5) is 5.29. The molecule has 0 aliphatic carbocycles. The Labute approximate surface area is 132 Å². The predicted molar refractivity (Wildman–Crippen MR) is 91.8 cm³/mol. The number of piperidine rings is 2. The van der Waals surface area contributed by atoms with Crippen molar-refractivity contribution in [3.63, 3.8) is 0 Å². The quantitative estimate of drug-likeness (QED) is 0.813. The highest BCUT2D eigenvalue weighted by molar-refractivity contribution is 4.85. The van der Waals surface area contributed by atoms with Crippen LogP contribution in [-0.4, -0.2) is 60.6 Å². The lowest BCUT2D eigenvalue weighted by atomic mass is 9.90. The lowest BCUT2D eigenvalue weighted by molar-refractivity contribution is 0.125. The van der Waals surface area contributed by atoms with E-state index in [2.05, 4.69) is 42.8 Å². The molecular formula is C18H37N3. The lowest BCUT2D eigenvalue weighted by Crippen LogP contribution is -2.51. The van der Waals surface area contributed by atoms with E-state index in [0.29, 0.717) is 12.1 Å². The Kier molecular flexibility index (Phi) is 6.97. The molecule has 1 N–H and O–H groups in total. The maximum absolute atomic E-state index is 3.96. The van der Waals surface area contributed by atoms with E-state index in [1.165, 1.54) is 64.8 Å². The molecule has 0 spiro atoms. The number of hydrogen-bond donors (Lipinski definition) is 1. The van der Waals surface area contributed by atoms with Gasteiger partial charge in [0.2, 0.25) is 0 Å². The minimum atomic E-state index is 0.681. The molecule has 21 heavy (non-hydrogen) atoms. The van der Waals surface area contributed by atoms with Crippen molar-refractivity contribution < 1.29 is 0 Å². The molecule has 0 bridgehead atoms. The van der Waals surface area contributed by atoms with Crippen molar-refractivity contribution >= 4 is 0 Å². The smallest absolute Gasteiger partial charge is 0.00940 e. The molecule has 2 aliphatic rings. The standard InChI is InChI=1S/C18H37N3/c1-5-10-20-11-6-7-17(14-20)16(4)19-18-8-12-21(13-9-18)15(2)3/h15-19H,5-14H2,1-4H3. The maximum atomic E-state index is 3.96. The van der Waals surface area contributed by atoms with E-state index in [4.69, 9.17) is 0 Å². The molecule has 0 aromatic carbocycles. The average molecular weight is 296 g/mol. The van der Waals surface area contributed by atoms with Crippen LogP contribution in [0.15, 0.2) is 0 Å². The van der Waals surface area contributed by atoms with Gasteiger partial charge in [-0.3, -0.25) is 0 Å². The first-order chi connectivity index (χ1) is 10.1. The summed E-state index contributed by atoms with van der Waals surface area (Å²) >= 11 is 0. The van der Waals surface area contributed by atoms with Crippen LogP contribution in [0.25, 0.3) is 0 Å². The Hall–Kier alpha value is -0.120. The Bertz CT molecular complexity index is 282. The largest absolute Gasteiger partial charge is 0.311 e. The van der Waals surface area contributed by atoms with Crippen molar-refractivity contribution in [1.29, 1.82) is 0 Å². The van der Waals surface area contributed by atoms with E-state index in [1.807, 2.05) is 0 Å². The minimum Gasteiger partial charge on any atom is -0.311 e. The summed E-state index contributed by atoms with van der Waals surface area (Å²) in [6, 6.07) is 2.14. The number of likely N-dealkylation sites (tertiary alicyclic amines) is 2. The molecule has 2 heterocycles. The first-order valence-corrected chi connectivity index (χ1v) is 9.32. The molecule has 0 radical (unpaired) electrons. The summed E-state index contributed by atoms with van der Waals surface area (Å²) in [7, 11) is 0. The summed E-state index contributed by atoms with van der Waals surface area (Å²) in [5.41, 5.74) is 0. The second-order valence-electron chi connectivity index (χ2n) is 7.56. The van der Waals surface area contributed by atoms with E-state index < -0.39 is 0 Å². The molecule has 2 aliphatic heterocycles. The van der Waals surface area contributed by atoms with Crippen molar-refractivity contribution in [2.75, 3.05) is 32.7 Å². The topological polar surface area (TPSA) is 18.5 Å². The van der Waals surface area contributed by atoms with Gasteiger partial charge in [-0.1, -0.05) is 6.92 Å². The van der Waals surface area contributed by atoms with Gasteiger partial charge in [0.05, 0.1) is 0 Å². The normalized spacial score (nSPS) is 28.1. The van der Waals surface area contributed by atoms with E-state index in [0.717, 1.165) is 12.0 Å².